The van der Waals surface area contributed by atoms with Crippen molar-refractivity contribution in [2.75, 3.05) is 33.1 Å². The molecule has 1 aliphatic rings. The molecular formula is C14H21N3O5S. The smallest absolute Gasteiger partial charge is 0.253 e. The molecule has 2 atom stereocenters. The van der Waals surface area contributed by atoms with Crippen LogP contribution in [-0.2, 0) is 21.8 Å². The molecule has 8 nitrogen and oxygen atoms in total. The van der Waals surface area contributed by atoms with Gasteiger partial charge in [0, 0.05) is 39.3 Å². The number of sulfonamides is 1. The largest absolute Gasteiger partial charge is 0.379 e. The fourth-order valence-corrected chi connectivity index (χ4v) is 3.49. The number of carbonyl (C=O) groups excluding carboxylic acids is 1. The summed E-state index contributed by atoms with van der Waals surface area (Å²) in [5.41, 5.74) is 0.133. The fraction of sp³-hybridized carbons (Fsp3) is 0.571. The Kier molecular flexibility index (Phi) is 5.23. The molecule has 1 amide bonds. The van der Waals surface area contributed by atoms with Crippen molar-refractivity contribution in [3.63, 3.8) is 0 Å². The molecule has 1 fully saturated rings. The molecule has 2 heterocycles. The number of rotatable bonds is 5. The van der Waals surface area contributed by atoms with E-state index in [2.05, 4.69) is 5.32 Å². The summed E-state index contributed by atoms with van der Waals surface area (Å²) in [6, 6.07) is 2.38. The Labute approximate surface area is 135 Å². The first-order valence-electron chi connectivity index (χ1n) is 7.16. The van der Waals surface area contributed by atoms with E-state index < -0.39 is 10.0 Å². The number of carbonyl (C=O) groups is 1. The molecule has 0 saturated carbocycles. The summed E-state index contributed by atoms with van der Waals surface area (Å²) >= 11 is 0. The second kappa shape index (κ2) is 6.81. The van der Waals surface area contributed by atoms with E-state index in [1.165, 1.54) is 37.0 Å². The summed E-state index contributed by atoms with van der Waals surface area (Å²) in [7, 11) is 1.14. The van der Waals surface area contributed by atoms with E-state index >= 15 is 0 Å². The van der Waals surface area contributed by atoms with Gasteiger partial charge in [0.1, 0.15) is 0 Å². The minimum atomic E-state index is -3.37. The second-order valence-corrected chi connectivity index (χ2v) is 8.03. The first-order valence-corrected chi connectivity index (χ1v) is 8.77. The van der Waals surface area contributed by atoms with E-state index in [1.54, 1.807) is 7.05 Å². The van der Waals surface area contributed by atoms with Crippen LogP contribution < -0.4 is 10.9 Å². The first kappa shape index (κ1) is 17.6. The average molecular weight is 343 g/mol. The van der Waals surface area contributed by atoms with E-state index in [-0.39, 0.29) is 42.4 Å². The summed E-state index contributed by atoms with van der Waals surface area (Å²) in [5, 5.41) is 2.79. The van der Waals surface area contributed by atoms with Gasteiger partial charge in [-0.3, -0.25) is 9.59 Å². The Hall–Kier alpha value is -1.71. The minimum absolute atomic E-state index is 0.0851. The van der Waals surface area contributed by atoms with Crippen LogP contribution in [0.4, 0.5) is 0 Å². The lowest BCUT2D eigenvalue weighted by atomic mass is 10.1. The maximum absolute atomic E-state index is 12.3. The van der Waals surface area contributed by atoms with Crippen molar-refractivity contribution in [3.8, 4) is 0 Å². The van der Waals surface area contributed by atoms with Gasteiger partial charge >= 0.3 is 0 Å². The molecule has 0 aliphatic carbocycles. The summed E-state index contributed by atoms with van der Waals surface area (Å²) in [5.74, 6) is -0.750. The molecule has 1 N–H and O–H groups in total. The van der Waals surface area contributed by atoms with E-state index in [9.17, 15) is 18.0 Å². The van der Waals surface area contributed by atoms with Gasteiger partial charge in [0.2, 0.25) is 15.6 Å². The van der Waals surface area contributed by atoms with Crippen LogP contribution in [0.5, 0.6) is 0 Å². The van der Waals surface area contributed by atoms with Crippen LogP contribution in [0.3, 0.4) is 0 Å². The Morgan fingerprint density at radius 1 is 1.39 bits per heavy atom. The summed E-state index contributed by atoms with van der Waals surface area (Å²) < 4.78 is 31.8. The van der Waals surface area contributed by atoms with Gasteiger partial charge in [0.05, 0.1) is 30.6 Å². The highest BCUT2D eigenvalue weighted by atomic mass is 32.2. The average Bonchev–Trinajstić information content (AvgIpc) is 2.88. The van der Waals surface area contributed by atoms with Crippen LogP contribution >= 0.6 is 0 Å². The molecule has 2 rings (SSSR count). The predicted octanol–water partition coefficient (Wildman–Crippen LogP) is -0.978. The summed E-state index contributed by atoms with van der Waals surface area (Å²) in [6.07, 6.45) is 1.44. The number of nitrogens with zero attached hydrogens (tertiary/aromatic N) is 2. The molecule has 0 aromatic carbocycles. The Balaban J connectivity index is 2.07. The molecule has 1 aliphatic heterocycles. The van der Waals surface area contributed by atoms with Gasteiger partial charge in [-0.2, -0.15) is 0 Å². The van der Waals surface area contributed by atoms with E-state index in [0.717, 1.165) is 4.31 Å². The van der Waals surface area contributed by atoms with Crippen molar-refractivity contribution in [1.82, 2.24) is 14.2 Å². The van der Waals surface area contributed by atoms with Gasteiger partial charge in [-0.15, -0.1) is 0 Å². The normalized spacial score (nSPS) is 21.6. The van der Waals surface area contributed by atoms with Gasteiger partial charge in [0.15, 0.2) is 0 Å². The van der Waals surface area contributed by atoms with Crippen molar-refractivity contribution in [2.45, 2.75) is 6.04 Å². The van der Waals surface area contributed by atoms with E-state index in [0.29, 0.717) is 5.56 Å². The molecule has 0 spiro atoms. The van der Waals surface area contributed by atoms with Crippen LogP contribution in [0, 0.1) is 5.92 Å². The molecule has 0 radical (unpaired) electrons. The topological polar surface area (TPSA) is 97.7 Å². The SMILES string of the molecule is CN(C)S(=O)(=O)C[C@@H]1COC[C@H]1NC(=O)c1ccc(=O)n(C)c1. The third kappa shape index (κ3) is 4.18. The zero-order valence-electron chi connectivity index (χ0n) is 13.4. The molecule has 9 heteroatoms. The van der Waals surface area contributed by atoms with Crippen LogP contribution in [0.1, 0.15) is 10.4 Å². The number of hydrogen-bond acceptors (Lipinski definition) is 5. The van der Waals surface area contributed by atoms with Crippen molar-refractivity contribution < 1.29 is 17.9 Å². The van der Waals surface area contributed by atoms with Gasteiger partial charge in [-0.1, -0.05) is 0 Å². The van der Waals surface area contributed by atoms with Crippen LogP contribution in [0.15, 0.2) is 23.1 Å². The number of aryl methyl sites for hydroxylation is 1. The molecule has 0 bridgehead atoms. The maximum Gasteiger partial charge on any atom is 0.253 e. The lowest BCUT2D eigenvalue weighted by Gasteiger charge is -2.21. The first-order chi connectivity index (χ1) is 10.7. The zero-order valence-corrected chi connectivity index (χ0v) is 14.2. The van der Waals surface area contributed by atoms with Gasteiger partial charge in [0.25, 0.3) is 5.91 Å². The highest BCUT2D eigenvalue weighted by molar-refractivity contribution is 7.89. The number of pyridine rings is 1. The second-order valence-electron chi connectivity index (χ2n) is 5.81. The van der Waals surface area contributed by atoms with E-state index in [4.69, 9.17) is 4.74 Å². The number of amides is 1. The lowest BCUT2D eigenvalue weighted by molar-refractivity contribution is 0.0925. The van der Waals surface area contributed by atoms with Crippen LogP contribution in [0.2, 0.25) is 0 Å². The van der Waals surface area contributed by atoms with Crippen LogP contribution in [-0.4, -0.2) is 62.3 Å². The molecule has 1 aromatic heterocycles. The number of ether oxygens (including phenoxy) is 1. The van der Waals surface area contributed by atoms with E-state index in [1.807, 2.05) is 0 Å². The predicted molar refractivity (Wildman–Crippen MR) is 84.7 cm³/mol. The van der Waals surface area contributed by atoms with Crippen molar-refractivity contribution in [3.05, 3.63) is 34.2 Å². The molecule has 23 heavy (non-hydrogen) atoms. The Bertz CT molecular complexity index is 741. The third-order valence-electron chi connectivity index (χ3n) is 3.84. The number of nitrogens with one attached hydrogen (secondary N) is 1. The maximum atomic E-state index is 12.3. The summed E-state index contributed by atoms with van der Waals surface area (Å²) in [6.45, 7) is 0.552. The highest BCUT2D eigenvalue weighted by Gasteiger charge is 2.34. The van der Waals surface area contributed by atoms with Crippen molar-refractivity contribution in [2.24, 2.45) is 13.0 Å². The molecule has 0 unspecified atom stereocenters. The molecular weight excluding hydrogens is 322 g/mol. The highest BCUT2D eigenvalue weighted by Crippen LogP contribution is 2.17. The van der Waals surface area contributed by atoms with Crippen molar-refractivity contribution >= 4 is 15.9 Å². The minimum Gasteiger partial charge on any atom is -0.379 e. The van der Waals surface area contributed by atoms with Gasteiger partial charge in [-0.25, -0.2) is 12.7 Å². The standard InChI is InChI=1S/C14H21N3O5S/c1-16(2)23(20,21)9-11-7-22-8-12(11)15-14(19)10-4-5-13(18)17(3)6-10/h4-6,11-12H,7-9H2,1-3H3,(H,15,19)/t11-,12+/m0/s1. The number of aromatic nitrogens is 1. The molecule has 128 valence electrons. The van der Waals surface area contributed by atoms with Crippen molar-refractivity contribution in [1.29, 1.82) is 0 Å². The Morgan fingerprint density at radius 2 is 2.09 bits per heavy atom. The fourth-order valence-electron chi connectivity index (χ4n) is 2.32. The molecule has 1 saturated heterocycles. The zero-order chi connectivity index (χ0) is 17.2. The molecule has 1 aromatic rings. The van der Waals surface area contributed by atoms with Gasteiger partial charge < -0.3 is 14.6 Å². The number of hydrogen-bond donors (Lipinski definition) is 1. The lowest BCUT2D eigenvalue weighted by Crippen LogP contribution is -2.43. The quantitative estimate of drug-likeness (QED) is 0.741. The third-order valence-corrected chi connectivity index (χ3v) is 5.81. The van der Waals surface area contributed by atoms with Gasteiger partial charge in [-0.05, 0) is 6.07 Å². The Morgan fingerprint density at radius 3 is 2.70 bits per heavy atom. The summed E-state index contributed by atoms with van der Waals surface area (Å²) in [4.78, 5) is 23.6. The van der Waals surface area contributed by atoms with Crippen LogP contribution in [0.25, 0.3) is 0 Å². The monoisotopic (exact) mass is 343 g/mol.